The summed E-state index contributed by atoms with van der Waals surface area (Å²) >= 11 is 0. The van der Waals surface area contributed by atoms with Gasteiger partial charge in [-0.15, -0.1) is 0 Å². The fourth-order valence-corrected chi connectivity index (χ4v) is 0.783. The molecule has 3 N–H and O–H groups in total. The summed E-state index contributed by atoms with van der Waals surface area (Å²) in [6.07, 6.45) is -2.65. The average Bonchev–Trinajstić information content (AvgIpc) is 2.50. The topological polar surface area (TPSA) is 59.4 Å². The molecular weight excluding hydrogens is 168 g/mol. The molecule has 0 aliphatic carbocycles. The molecule has 1 aromatic heterocycles. The largest absolute Gasteiger partial charge is 0.462 e. The lowest BCUT2D eigenvalue weighted by molar-refractivity contribution is 0.104. The molecule has 0 bridgehead atoms. The second-order valence-electron chi connectivity index (χ2n) is 2.32. The summed E-state index contributed by atoms with van der Waals surface area (Å²) in [5.74, 6) is 0.232. The standard InChI is InChI=1S/C7H9F2NO2/c8-7(9)6(10)5-2-1-4(3-11)12-5/h1-2,6-7,11H,3,10H2/t6-/m0/s1. The monoisotopic (exact) mass is 177 g/mol. The van der Waals surface area contributed by atoms with Crippen LogP contribution in [0, 0.1) is 0 Å². The van der Waals surface area contributed by atoms with Crippen LogP contribution < -0.4 is 5.73 Å². The van der Waals surface area contributed by atoms with Gasteiger partial charge in [-0.05, 0) is 12.1 Å². The molecule has 1 aromatic rings. The van der Waals surface area contributed by atoms with Crippen molar-refractivity contribution in [2.24, 2.45) is 5.73 Å². The minimum Gasteiger partial charge on any atom is -0.462 e. The third kappa shape index (κ3) is 1.80. The Morgan fingerprint density at radius 3 is 2.58 bits per heavy atom. The van der Waals surface area contributed by atoms with Crippen molar-refractivity contribution in [2.75, 3.05) is 0 Å². The summed E-state index contributed by atoms with van der Waals surface area (Å²) in [4.78, 5) is 0. The summed E-state index contributed by atoms with van der Waals surface area (Å²) < 4.78 is 28.8. The van der Waals surface area contributed by atoms with Gasteiger partial charge < -0.3 is 15.3 Å². The van der Waals surface area contributed by atoms with E-state index >= 15 is 0 Å². The zero-order valence-electron chi connectivity index (χ0n) is 6.21. The van der Waals surface area contributed by atoms with Crippen molar-refractivity contribution >= 4 is 0 Å². The smallest absolute Gasteiger partial charge is 0.260 e. The molecule has 3 nitrogen and oxygen atoms in total. The van der Waals surface area contributed by atoms with Gasteiger partial charge in [-0.1, -0.05) is 0 Å². The predicted octanol–water partition coefficient (Wildman–Crippen LogP) is 1.04. The highest BCUT2D eigenvalue weighted by molar-refractivity contribution is 5.10. The minimum atomic E-state index is -2.65. The van der Waals surface area contributed by atoms with Crippen LogP contribution in [0.1, 0.15) is 17.6 Å². The Morgan fingerprint density at radius 1 is 1.50 bits per heavy atom. The Balaban J connectivity index is 2.74. The van der Waals surface area contributed by atoms with Gasteiger partial charge in [-0.3, -0.25) is 0 Å². The SMILES string of the molecule is N[C@@H](c1ccc(CO)o1)C(F)F. The Labute approximate surface area is 67.8 Å². The molecule has 1 rings (SSSR count). The van der Waals surface area contributed by atoms with Gasteiger partial charge in [-0.25, -0.2) is 8.78 Å². The first-order valence-electron chi connectivity index (χ1n) is 3.38. The first kappa shape index (κ1) is 9.15. The van der Waals surface area contributed by atoms with Crippen molar-refractivity contribution in [1.82, 2.24) is 0 Å². The molecule has 0 aliphatic heterocycles. The van der Waals surface area contributed by atoms with Crippen LogP contribution in [0.4, 0.5) is 8.78 Å². The maximum absolute atomic E-state index is 12.0. The lowest BCUT2D eigenvalue weighted by Crippen LogP contribution is -2.17. The van der Waals surface area contributed by atoms with Crippen LogP contribution in [0.25, 0.3) is 0 Å². The van der Waals surface area contributed by atoms with Gasteiger partial charge in [0.2, 0.25) is 0 Å². The molecule has 5 heteroatoms. The summed E-state index contributed by atoms with van der Waals surface area (Å²) in [5.41, 5.74) is 5.08. The van der Waals surface area contributed by atoms with E-state index < -0.39 is 12.5 Å². The number of nitrogens with two attached hydrogens (primary N) is 1. The van der Waals surface area contributed by atoms with E-state index in [0.717, 1.165) is 0 Å². The van der Waals surface area contributed by atoms with Crippen molar-refractivity contribution in [1.29, 1.82) is 0 Å². The van der Waals surface area contributed by atoms with E-state index in [1.807, 2.05) is 0 Å². The molecule has 0 spiro atoms. The molecule has 0 aromatic carbocycles. The fraction of sp³-hybridized carbons (Fsp3) is 0.429. The molecule has 0 amide bonds. The Bertz CT molecular complexity index is 249. The maximum Gasteiger partial charge on any atom is 0.260 e. The van der Waals surface area contributed by atoms with Gasteiger partial charge in [-0.2, -0.15) is 0 Å². The summed E-state index contributed by atoms with van der Waals surface area (Å²) in [5, 5.41) is 8.55. The normalized spacial score (nSPS) is 13.8. The third-order valence-corrected chi connectivity index (χ3v) is 1.44. The quantitative estimate of drug-likeness (QED) is 0.725. The van der Waals surface area contributed by atoms with Crippen molar-refractivity contribution < 1.29 is 18.3 Å². The first-order valence-corrected chi connectivity index (χ1v) is 3.38. The van der Waals surface area contributed by atoms with Crippen LogP contribution in [-0.4, -0.2) is 11.5 Å². The second-order valence-corrected chi connectivity index (χ2v) is 2.32. The summed E-state index contributed by atoms with van der Waals surface area (Å²) in [7, 11) is 0. The zero-order chi connectivity index (χ0) is 9.14. The van der Waals surface area contributed by atoms with E-state index in [0.29, 0.717) is 0 Å². The van der Waals surface area contributed by atoms with Crippen molar-refractivity contribution in [3.63, 3.8) is 0 Å². The Morgan fingerprint density at radius 2 is 2.17 bits per heavy atom. The van der Waals surface area contributed by atoms with Crippen LogP contribution >= 0.6 is 0 Å². The average molecular weight is 177 g/mol. The number of hydrogen-bond donors (Lipinski definition) is 2. The summed E-state index contributed by atoms with van der Waals surface area (Å²) in [6, 6.07) is 1.34. The van der Waals surface area contributed by atoms with Crippen LogP contribution in [0.3, 0.4) is 0 Å². The number of rotatable bonds is 3. The number of furan rings is 1. The van der Waals surface area contributed by atoms with Crippen LogP contribution in [0.5, 0.6) is 0 Å². The molecule has 0 radical (unpaired) electrons. The zero-order valence-corrected chi connectivity index (χ0v) is 6.21. The highest BCUT2D eigenvalue weighted by Gasteiger charge is 2.20. The van der Waals surface area contributed by atoms with E-state index in [4.69, 9.17) is 15.3 Å². The fourth-order valence-electron chi connectivity index (χ4n) is 0.783. The molecule has 1 heterocycles. The van der Waals surface area contributed by atoms with Gasteiger partial charge in [0.15, 0.2) is 0 Å². The van der Waals surface area contributed by atoms with Crippen molar-refractivity contribution in [2.45, 2.75) is 19.1 Å². The number of aliphatic hydroxyl groups excluding tert-OH is 1. The molecule has 1 atom stereocenters. The van der Waals surface area contributed by atoms with Gasteiger partial charge in [0.1, 0.15) is 24.2 Å². The molecular formula is C7H9F2NO2. The van der Waals surface area contributed by atoms with E-state index in [1.54, 1.807) is 0 Å². The van der Waals surface area contributed by atoms with Crippen LogP contribution in [0.2, 0.25) is 0 Å². The molecule has 0 unspecified atom stereocenters. The molecule has 68 valence electrons. The van der Waals surface area contributed by atoms with Crippen molar-refractivity contribution in [3.8, 4) is 0 Å². The van der Waals surface area contributed by atoms with Gasteiger partial charge in [0.25, 0.3) is 6.43 Å². The van der Waals surface area contributed by atoms with E-state index in [2.05, 4.69) is 0 Å². The number of halogens is 2. The lowest BCUT2D eigenvalue weighted by Gasteiger charge is -2.05. The second kappa shape index (κ2) is 3.64. The highest BCUT2D eigenvalue weighted by atomic mass is 19.3. The molecule has 0 aliphatic rings. The van der Waals surface area contributed by atoms with E-state index in [9.17, 15) is 8.78 Å². The van der Waals surface area contributed by atoms with Crippen LogP contribution in [0.15, 0.2) is 16.5 Å². The van der Waals surface area contributed by atoms with E-state index in [-0.39, 0.29) is 18.1 Å². The predicted molar refractivity (Wildman–Crippen MR) is 37.6 cm³/mol. The third-order valence-electron chi connectivity index (χ3n) is 1.44. The summed E-state index contributed by atoms with van der Waals surface area (Å²) in [6.45, 7) is -0.310. The van der Waals surface area contributed by atoms with Gasteiger partial charge in [0.05, 0.1) is 0 Å². The molecule has 0 saturated heterocycles. The molecule has 0 fully saturated rings. The highest BCUT2D eigenvalue weighted by Crippen LogP contribution is 2.20. The number of alkyl halides is 2. The van der Waals surface area contributed by atoms with E-state index in [1.165, 1.54) is 12.1 Å². The molecule has 12 heavy (non-hydrogen) atoms. The van der Waals surface area contributed by atoms with Crippen molar-refractivity contribution in [3.05, 3.63) is 23.7 Å². The minimum absolute atomic E-state index is 0.00551. The first-order chi connectivity index (χ1) is 5.65. The van der Waals surface area contributed by atoms with Crippen LogP contribution in [-0.2, 0) is 6.61 Å². The maximum atomic E-state index is 12.0. The lowest BCUT2D eigenvalue weighted by atomic mass is 10.2. The molecule has 0 saturated carbocycles. The number of hydrogen-bond acceptors (Lipinski definition) is 3. The Kier molecular flexibility index (Phi) is 2.78. The van der Waals surface area contributed by atoms with Gasteiger partial charge in [0, 0.05) is 0 Å². The Hall–Kier alpha value is -0.940. The number of aliphatic hydroxyl groups is 1. The van der Waals surface area contributed by atoms with Gasteiger partial charge >= 0.3 is 0 Å².